The first kappa shape index (κ1) is 14.5. The summed E-state index contributed by atoms with van der Waals surface area (Å²) in [5.41, 5.74) is 1.75. The number of Topliss-reactive ketones (excluding diaryl/α,β-unsaturated/α-hetero) is 1. The number of ketones is 1. The Labute approximate surface area is 130 Å². The summed E-state index contributed by atoms with van der Waals surface area (Å²) in [6, 6.07) is 8.76. The average molecular weight is 315 g/mol. The van der Waals surface area contributed by atoms with E-state index in [0.717, 1.165) is 5.56 Å². The number of hydrogen-bond acceptors (Lipinski definition) is 5. The zero-order chi connectivity index (χ0) is 15.7. The van der Waals surface area contributed by atoms with Crippen molar-refractivity contribution in [3.63, 3.8) is 0 Å². The number of carbonyl (C=O) groups excluding carboxylic acids is 3. The van der Waals surface area contributed by atoms with Crippen LogP contribution in [0.15, 0.2) is 35.7 Å². The van der Waals surface area contributed by atoms with Crippen LogP contribution in [0.3, 0.4) is 0 Å². The molecular weight excluding hydrogens is 302 g/mol. The number of ether oxygens (including phenoxy) is 1. The number of hydrogen-bond donors (Lipinski definition) is 1. The lowest BCUT2D eigenvalue weighted by Crippen LogP contribution is -2.20. The molecule has 3 rings (SSSR count). The van der Waals surface area contributed by atoms with Gasteiger partial charge in [0.1, 0.15) is 4.88 Å². The SMILES string of the molecule is COC(=O)c1sccc1NC(=O)C1CC(=O)c2ccccc21. The molecule has 0 fully saturated rings. The number of fused-ring (bicyclic) bond motifs is 1. The van der Waals surface area contributed by atoms with Gasteiger partial charge in [0.25, 0.3) is 0 Å². The van der Waals surface area contributed by atoms with Crippen LogP contribution in [-0.4, -0.2) is 24.8 Å². The molecule has 1 N–H and O–H groups in total. The second kappa shape index (κ2) is 5.73. The van der Waals surface area contributed by atoms with E-state index in [2.05, 4.69) is 10.1 Å². The summed E-state index contributed by atoms with van der Waals surface area (Å²) in [6.45, 7) is 0. The maximum absolute atomic E-state index is 12.5. The normalized spacial score (nSPS) is 16.2. The van der Waals surface area contributed by atoms with Gasteiger partial charge in [-0.05, 0) is 17.0 Å². The lowest BCUT2D eigenvalue weighted by Gasteiger charge is -2.11. The van der Waals surface area contributed by atoms with Gasteiger partial charge in [0.15, 0.2) is 5.78 Å². The summed E-state index contributed by atoms with van der Waals surface area (Å²) in [4.78, 5) is 36.4. The van der Waals surface area contributed by atoms with E-state index in [1.807, 2.05) is 6.07 Å². The minimum atomic E-state index is -0.519. The summed E-state index contributed by atoms with van der Waals surface area (Å²) in [5.74, 6) is -1.33. The molecule has 0 saturated heterocycles. The minimum absolute atomic E-state index is 0.0331. The third-order valence-corrected chi connectivity index (χ3v) is 4.53. The van der Waals surface area contributed by atoms with Crippen molar-refractivity contribution in [2.45, 2.75) is 12.3 Å². The van der Waals surface area contributed by atoms with Crippen LogP contribution in [0.2, 0.25) is 0 Å². The molecule has 1 aliphatic carbocycles. The van der Waals surface area contributed by atoms with Crippen molar-refractivity contribution < 1.29 is 19.1 Å². The van der Waals surface area contributed by atoms with Gasteiger partial charge in [0.05, 0.1) is 18.7 Å². The summed E-state index contributed by atoms with van der Waals surface area (Å²) in [6.07, 6.45) is 0.156. The first-order valence-electron chi connectivity index (χ1n) is 6.70. The number of benzene rings is 1. The molecule has 22 heavy (non-hydrogen) atoms. The maximum Gasteiger partial charge on any atom is 0.350 e. The Morgan fingerprint density at radius 2 is 2.05 bits per heavy atom. The molecule has 0 saturated carbocycles. The van der Waals surface area contributed by atoms with Gasteiger partial charge in [-0.1, -0.05) is 24.3 Å². The second-order valence-corrected chi connectivity index (χ2v) is 5.83. The third kappa shape index (κ3) is 2.42. The molecule has 1 amide bonds. The number of rotatable bonds is 3. The van der Waals surface area contributed by atoms with E-state index in [4.69, 9.17) is 0 Å². The van der Waals surface area contributed by atoms with Crippen molar-refractivity contribution in [3.05, 3.63) is 51.7 Å². The molecule has 1 unspecified atom stereocenters. The van der Waals surface area contributed by atoms with Gasteiger partial charge >= 0.3 is 5.97 Å². The van der Waals surface area contributed by atoms with E-state index in [1.54, 1.807) is 29.6 Å². The van der Waals surface area contributed by atoms with Crippen molar-refractivity contribution in [2.75, 3.05) is 12.4 Å². The van der Waals surface area contributed by atoms with Gasteiger partial charge in [-0.15, -0.1) is 11.3 Å². The maximum atomic E-state index is 12.5. The van der Waals surface area contributed by atoms with Crippen molar-refractivity contribution in [3.8, 4) is 0 Å². The summed E-state index contributed by atoms with van der Waals surface area (Å²) >= 11 is 1.20. The Hall–Kier alpha value is -2.47. The van der Waals surface area contributed by atoms with Crippen LogP contribution in [0.4, 0.5) is 5.69 Å². The Balaban J connectivity index is 1.84. The molecular formula is C16H13NO4S. The molecule has 0 aliphatic heterocycles. The van der Waals surface area contributed by atoms with E-state index in [1.165, 1.54) is 18.4 Å². The molecule has 112 valence electrons. The molecule has 0 bridgehead atoms. The molecule has 1 aromatic heterocycles. The molecule has 5 nitrogen and oxygen atoms in total. The Morgan fingerprint density at radius 3 is 2.82 bits per heavy atom. The molecule has 1 aromatic carbocycles. The molecule has 2 aromatic rings. The van der Waals surface area contributed by atoms with Crippen molar-refractivity contribution in [1.82, 2.24) is 0 Å². The van der Waals surface area contributed by atoms with Crippen LogP contribution in [0.5, 0.6) is 0 Å². The molecule has 1 aliphatic rings. The second-order valence-electron chi connectivity index (χ2n) is 4.91. The fourth-order valence-corrected chi connectivity index (χ4v) is 3.34. The molecule has 1 heterocycles. The molecule has 0 spiro atoms. The molecule has 6 heteroatoms. The fourth-order valence-electron chi connectivity index (χ4n) is 2.57. The Kier molecular flexibility index (Phi) is 3.77. The highest BCUT2D eigenvalue weighted by Gasteiger charge is 2.34. The summed E-state index contributed by atoms with van der Waals surface area (Å²) in [5, 5.41) is 4.43. The van der Waals surface area contributed by atoms with E-state index in [-0.39, 0.29) is 18.1 Å². The predicted molar refractivity (Wildman–Crippen MR) is 82.4 cm³/mol. The zero-order valence-corrected chi connectivity index (χ0v) is 12.6. The van der Waals surface area contributed by atoms with Gasteiger partial charge in [0, 0.05) is 12.0 Å². The summed E-state index contributed by atoms with van der Waals surface area (Å²) in [7, 11) is 1.29. The number of methoxy groups -OCH3 is 1. The van der Waals surface area contributed by atoms with Crippen LogP contribution in [-0.2, 0) is 9.53 Å². The predicted octanol–water partition coefficient (Wildman–Crippen LogP) is 2.84. The van der Waals surface area contributed by atoms with E-state index >= 15 is 0 Å². The quantitative estimate of drug-likeness (QED) is 0.884. The number of carbonyl (C=O) groups is 3. The highest BCUT2D eigenvalue weighted by Crippen LogP contribution is 2.34. The van der Waals surface area contributed by atoms with Gasteiger partial charge in [-0.3, -0.25) is 9.59 Å². The molecule has 0 radical (unpaired) electrons. The van der Waals surface area contributed by atoms with Crippen molar-refractivity contribution >= 4 is 34.7 Å². The number of amides is 1. The largest absolute Gasteiger partial charge is 0.465 e. The van der Waals surface area contributed by atoms with Gasteiger partial charge in [-0.2, -0.15) is 0 Å². The standard InChI is InChI=1S/C16H13NO4S/c1-21-16(20)14-12(6-7-22-14)17-15(19)11-8-13(18)10-5-3-2-4-9(10)11/h2-7,11H,8H2,1H3,(H,17,19). The van der Waals surface area contributed by atoms with Gasteiger partial charge in [0.2, 0.25) is 5.91 Å². The van der Waals surface area contributed by atoms with Crippen molar-refractivity contribution in [1.29, 1.82) is 0 Å². The van der Waals surface area contributed by atoms with Crippen LogP contribution < -0.4 is 5.32 Å². The minimum Gasteiger partial charge on any atom is -0.465 e. The number of thiophene rings is 1. The van der Waals surface area contributed by atoms with E-state index in [9.17, 15) is 14.4 Å². The lowest BCUT2D eigenvalue weighted by molar-refractivity contribution is -0.117. The first-order chi connectivity index (χ1) is 10.6. The van der Waals surface area contributed by atoms with Crippen LogP contribution in [0, 0.1) is 0 Å². The average Bonchev–Trinajstić information content (AvgIpc) is 3.12. The topological polar surface area (TPSA) is 72.5 Å². The Morgan fingerprint density at radius 1 is 1.27 bits per heavy atom. The highest BCUT2D eigenvalue weighted by atomic mass is 32.1. The third-order valence-electron chi connectivity index (χ3n) is 3.64. The lowest BCUT2D eigenvalue weighted by atomic mass is 10.0. The number of nitrogens with one attached hydrogen (secondary N) is 1. The number of esters is 1. The fraction of sp³-hybridized carbons (Fsp3) is 0.188. The van der Waals surface area contributed by atoms with Crippen molar-refractivity contribution in [2.24, 2.45) is 0 Å². The van der Waals surface area contributed by atoms with E-state index < -0.39 is 11.9 Å². The number of anilines is 1. The zero-order valence-electron chi connectivity index (χ0n) is 11.8. The first-order valence-corrected chi connectivity index (χ1v) is 7.58. The van der Waals surface area contributed by atoms with Crippen LogP contribution in [0.1, 0.15) is 37.9 Å². The van der Waals surface area contributed by atoms with Gasteiger partial charge < -0.3 is 10.1 Å². The smallest absolute Gasteiger partial charge is 0.350 e. The summed E-state index contributed by atoms with van der Waals surface area (Å²) < 4.78 is 4.68. The van der Waals surface area contributed by atoms with Crippen LogP contribution in [0.25, 0.3) is 0 Å². The highest BCUT2D eigenvalue weighted by molar-refractivity contribution is 7.12. The van der Waals surface area contributed by atoms with E-state index in [0.29, 0.717) is 16.1 Å². The monoisotopic (exact) mass is 315 g/mol. The Bertz CT molecular complexity index is 765. The van der Waals surface area contributed by atoms with Gasteiger partial charge in [-0.25, -0.2) is 4.79 Å². The van der Waals surface area contributed by atoms with Crippen LogP contribution >= 0.6 is 11.3 Å². The molecule has 1 atom stereocenters.